The van der Waals surface area contributed by atoms with E-state index in [1.165, 1.54) is 0 Å². The Kier molecular flexibility index (Phi) is 5.22. The quantitative estimate of drug-likeness (QED) is 0.784. The van der Waals surface area contributed by atoms with Crippen LogP contribution in [0.5, 0.6) is 0 Å². The number of hydrogen-bond donors (Lipinski definition) is 0. The number of ether oxygens (including phenoxy) is 1. The fraction of sp³-hybridized carbons (Fsp3) is 0.231. The smallest absolute Gasteiger partial charge is 0.293 e. The predicted octanol–water partition coefficient (Wildman–Crippen LogP) is 2.88. The van der Waals surface area contributed by atoms with Crippen LogP contribution in [0.25, 0.3) is 10.9 Å². The molecule has 0 bridgehead atoms. The van der Waals surface area contributed by atoms with Gasteiger partial charge in [0.1, 0.15) is 6.07 Å². The lowest BCUT2D eigenvalue weighted by Crippen LogP contribution is -1.87. The number of halogens is 1. The molecule has 0 radical (unpaired) electrons. The summed E-state index contributed by atoms with van der Waals surface area (Å²) >= 11 is 5.85. The van der Waals surface area contributed by atoms with Crippen LogP contribution in [0.15, 0.2) is 24.4 Å². The second-order valence-electron chi connectivity index (χ2n) is 3.48. The lowest BCUT2D eigenvalue weighted by Gasteiger charge is -1.99. The Morgan fingerprint density at radius 2 is 2.28 bits per heavy atom. The average molecular weight is 265 g/mol. The van der Waals surface area contributed by atoms with Gasteiger partial charge in [-0.3, -0.25) is 4.79 Å². The summed E-state index contributed by atoms with van der Waals surface area (Å²) < 4.78 is 6.07. The van der Waals surface area contributed by atoms with Crippen molar-refractivity contribution in [2.45, 2.75) is 6.92 Å². The van der Waals surface area contributed by atoms with Crippen LogP contribution >= 0.6 is 11.6 Å². The van der Waals surface area contributed by atoms with E-state index in [1.54, 1.807) is 13.0 Å². The third-order valence-electron chi connectivity index (χ3n) is 2.29. The van der Waals surface area contributed by atoms with Gasteiger partial charge in [-0.05, 0) is 25.1 Å². The number of aromatic nitrogens is 1. The molecular formula is C13H13ClN2O2. The fourth-order valence-electron chi connectivity index (χ4n) is 1.56. The zero-order valence-electron chi connectivity index (χ0n) is 10.2. The number of aryl methyl sites for hydroxylation is 1. The van der Waals surface area contributed by atoms with Gasteiger partial charge in [-0.2, -0.15) is 5.26 Å². The molecule has 0 N–H and O–H groups in total. The van der Waals surface area contributed by atoms with Crippen LogP contribution in [0.4, 0.5) is 0 Å². The van der Waals surface area contributed by atoms with Gasteiger partial charge in [-0.1, -0.05) is 11.6 Å². The van der Waals surface area contributed by atoms with E-state index in [2.05, 4.69) is 10.8 Å². The highest BCUT2D eigenvalue weighted by molar-refractivity contribution is 6.31. The molecule has 0 saturated heterocycles. The molecule has 0 spiro atoms. The van der Waals surface area contributed by atoms with Gasteiger partial charge in [0.15, 0.2) is 0 Å². The van der Waals surface area contributed by atoms with Gasteiger partial charge in [0.05, 0.1) is 17.7 Å². The van der Waals surface area contributed by atoms with Crippen molar-refractivity contribution in [2.24, 2.45) is 7.05 Å². The zero-order valence-corrected chi connectivity index (χ0v) is 10.9. The fourth-order valence-corrected chi connectivity index (χ4v) is 1.79. The van der Waals surface area contributed by atoms with E-state index in [9.17, 15) is 4.79 Å². The van der Waals surface area contributed by atoms with Gasteiger partial charge in [0.2, 0.25) is 0 Å². The molecule has 0 aliphatic carbocycles. The van der Waals surface area contributed by atoms with Crippen LogP contribution in [0.2, 0.25) is 5.02 Å². The number of benzene rings is 1. The highest BCUT2D eigenvalue weighted by Gasteiger charge is 2.05. The third-order valence-corrected chi connectivity index (χ3v) is 2.51. The second-order valence-corrected chi connectivity index (χ2v) is 3.92. The highest BCUT2D eigenvalue weighted by atomic mass is 35.5. The van der Waals surface area contributed by atoms with Gasteiger partial charge in [-0.25, -0.2) is 0 Å². The van der Waals surface area contributed by atoms with E-state index >= 15 is 0 Å². The Bertz CT molecular complexity index is 584. The van der Waals surface area contributed by atoms with Gasteiger partial charge >= 0.3 is 0 Å². The maximum atomic E-state index is 9.18. The number of hydrogen-bond acceptors (Lipinski definition) is 3. The van der Waals surface area contributed by atoms with Crippen molar-refractivity contribution in [1.29, 1.82) is 5.26 Å². The summed E-state index contributed by atoms with van der Waals surface area (Å²) in [5, 5.41) is 10.5. The maximum absolute atomic E-state index is 9.18. The van der Waals surface area contributed by atoms with Crippen molar-refractivity contribution >= 4 is 29.0 Å². The number of carbonyl (C=O) groups excluding carboxylic acids is 1. The third kappa shape index (κ3) is 3.25. The SMILES string of the molecule is CCOC=O.Cn1ccc2cc(Cl)cc(C#N)c21. The molecule has 0 saturated carbocycles. The molecule has 0 aliphatic heterocycles. The minimum absolute atomic E-state index is 0.431. The Labute approximate surface area is 110 Å². The maximum Gasteiger partial charge on any atom is 0.293 e. The molecule has 94 valence electrons. The monoisotopic (exact) mass is 264 g/mol. The van der Waals surface area contributed by atoms with Crippen LogP contribution in [0.1, 0.15) is 12.5 Å². The molecule has 1 aromatic heterocycles. The molecule has 4 nitrogen and oxygen atoms in total. The topological polar surface area (TPSA) is 55.0 Å². The zero-order chi connectivity index (χ0) is 13.5. The van der Waals surface area contributed by atoms with Crippen molar-refractivity contribution in [2.75, 3.05) is 6.61 Å². The van der Waals surface area contributed by atoms with Gasteiger partial charge in [0, 0.05) is 23.7 Å². The lowest BCUT2D eigenvalue weighted by molar-refractivity contribution is -0.128. The van der Waals surface area contributed by atoms with E-state index in [4.69, 9.17) is 16.9 Å². The Morgan fingerprint density at radius 3 is 2.78 bits per heavy atom. The van der Waals surface area contributed by atoms with E-state index in [-0.39, 0.29) is 0 Å². The predicted molar refractivity (Wildman–Crippen MR) is 70.3 cm³/mol. The van der Waals surface area contributed by atoms with Crippen LogP contribution in [0, 0.1) is 11.3 Å². The minimum Gasteiger partial charge on any atom is -0.468 e. The van der Waals surface area contributed by atoms with Crippen molar-refractivity contribution in [3.63, 3.8) is 0 Å². The normalized spacial score (nSPS) is 9.22. The Morgan fingerprint density at radius 1 is 1.56 bits per heavy atom. The molecule has 2 rings (SSSR count). The molecular weight excluding hydrogens is 252 g/mol. The largest absolute Gasteiger partial charge is 0.468 e. The Balaban J connectivity index is 0.000000280. The number of rotatable bonds is 2. The molecule has 1 aromatic carbocycles. The van der Waals surface area contributed by atoms with Crippen molar-refractivity contribution in [1.82, 2.24) is 4.57 Å². The lowest BCUT2D eigenvalue weighted by atomic mass is 10.1. The van der Waals surface area contributed by atoms with Crippen LogP contribution in [0.3, 0.4) is 0 Å². The summed E-state index contributed by atoms with van der Waals surface area (Å²) in [5.74, 6) is 0. The van der Waals surface area contributed by atoms with E-state index in [1.807, 2.05) is 29.9 Å². The first-order valence-corrected chi connectivity index (χ1v) is 5.71. The van der Waals surface area contributed by atoms with Crippen molar-refractivity contribution in [3.05, 3.63) is 35.0 Å². The van der Waals surface area contributed by atoms with Crippen LogP contribution in [-0.2, 0) is 16.6 Å². The summed E-state index contributed by atoms with van der Waals surface area (Å²) in [4.78, 5) is 9.18. The molecule has 1 heterocycles. The van der Waals surface area contributed by atoms with E-state index < -0.39 is 0 Å². The van der Waals surface area contributed by atoms with Gasteiger partial charge < -0.3 is 9.30 Å². The molecule has 0 amide bonds. The number of fused-ring (bicyclic) bond motifs is 1. The number of nitrogens with zero attached hydrogens (tertiary/aromatic N) is 2. The summed E-state index contributed by atoms with van der Waals surface area (Å²) in [6.07, 6.45) is 1.92. The van der Waals surface area contributed by atoms with Crippen LogP contribution in [-0.4, -0.2) is 17.6 Å². The van der Waals surface area contributed by atoms with Crippen molar-refractivity contribution < 1.29 is 9.53 Å². The standard InChI is InChI=1S/C10H7ClN2.C3H6O2/c1-13-3-2-7-4-9(11)5-8(6-12)10(7)13;1-2-5-3-4/h2-5H,1H3;3H,2H2,1H3. The molecule has 0 aliphatic rings. The first-order chi connectivity index (χ1) is 8.63. The number of nitriles is 1. The molecule has 0 unspecified atom stereocenters. The average Bonchev–Trinajstić information content (AvgIpc) is 2.72. The molecule has 0 atom stereocenters. The van der Waals surface area contributed by atoms with Crippen molar-refractivity contribution in [3.8, 4) is 6.07 Å². The summed E-state index contributed by atoms with van der Waals surface area (Å²) in [6.45, 7) is 2.66. The minimum atomic E-state index is 0.431. The molecule has 0 fully saturated rings. The second kappa shape index (κ2) is 6.67. The Hall–Kier alpha value is -1.99. The molecule has 5 heteroatoms. The van der Waals surface area contributed by atoms with Crippen LogP contribution < -0.4 is 0 Å². The number of carbonyl (C=O) groups is 1. The van der Waals surface area contributed by atoms with E-state index in [0.717, 1.165) is 10.9 Å². The first-order valence-electron chi connectivity index (χ1n) is 5.34. The molecule has 2 aromatic rings. The highest BCUT2D eigenvalue weighted by Crippen LogP contribution is 2.23. The van der Waals surface area contributed by atoms with Gasteiger partial charge in [-0.15, -0.1) is 0 Å². The summed E-state index contributed by atoms with van der Waals surface area (Å²) in [6, 6.07) is 7.62. The first kappa shape index (κ1) is 14.1. The summed E-state index contributed by atoms with van der Waals surface area (Å²) in [5.41, 5.74) is 1.56. The van der Waals surface area contributed by atoms with Gasteiger partial charge in [0.25, 0.3) is 6.47 Å². The molecule has 18 heavy (non-hydrogen) atoms. The summed E-state index contributed by atoms with van der Waals surface area (Å²) in [7, 11) is 1.91. The van der Waals surface area contributed by atoms with E-state index in [0.29, 0.717) is 23.7 Å².